The Morgan fingerprint density at radius 2 is 1.92 bits per heavy atom. The van der Waals surface area contributed by atoms with E-state index in [-0.39, 0.29) is 5.56 Å². The zero-order valence-corrected chi connectivity index (χ0v) is 13.8. The zero-order valence-electron chi connectivity index (χ0n) is 13.8. The van der Waals surface area contributed by atoms with Gasteiger partial charge in [0.25, 0.3) is 5.56 Å². The summed E-state index contributed by atoms with van der Waals surface area (Å²) in [4.78, 5) is 11.9. The highest BCUT2D eigenvalue weighted by Gasteiger charge is 2.15. The van der Waals surface area contributed by atoms with Crippen LogP contribution < -0.4 is 16.0 Å². The molecule has 3 rings (SSSR count). The molecule has 24 heavy (non-hydrogen) atoms. The second kappa shape index (κ2) is 6.62. The topological polar surface area (TPSA) is 75.1 Å². The Balaban J connectivity index is 2.01. The van der Waals surface area contributed by atoms with Crippen molar-refractivity contribution in [3.63, 3.8) is 0 Å². The predicted molar refractivity (Wildman–Crippen MR) is 94.0 cm³/mol. The lowest BCUT2D eigenvalue weighted by Crippen LogP contribution is -2.16. The molecule has 0 aliphatic rings. The number of nitrogens with two attached hydrogens (primary N) is 1. The first-order valence-corrected chi connectivity index (χ1v) is 7.79. The van der Waals surface area contributed by atoms with Crippen LogP contribution in [0.25, 0.3) is 11.1 Å². The largest absolute Gasteiger partial charge is 0.493 e. The molecule has 0 unspecified atom stereocenters. The minimum Gasteiger partial charge on any atom is -0.493 e. The fraction of sp³-hybridized carbons (Fsp3) is 0.222. The standard InChI is InChI=1S/C18H20N4O2/c1-3-24-16-9-17(23)21(2)11-14(16)15-12-22(20-18(15)19)10-13-7-5-4-6-8-13/h4-9,11-12H,3,10H2,1-2H3,(H2,19,20). The van der Waals surface area contributed by atoms with Gasteiger partial charge in [0.2, 0.25) is 0 Å². The average molecular weight is 324 g/mol. The van der Waals surface area contributed by atoms with Crippen LogP contribution in [0, 0.1) is 0 Å². The van der Waals surface area contributed by atoms with Gasteiger partial charge in [-0.3, -0.25) is 9.48 Å². The number of ether oxygens (including phenoxy) is 1. The normalized spacial score (nSPS) is 10.8. The number of hydrogen-bond donors (Lipinski definition) is 1. The summed E-state index contributed by atoms with van der Waals surface area (Å²) in [7, 11) is 1.70. The Morgan fingerprint density at radius 3 is 2.62 bits per heavy atom. The van der Waals surface area contributed by atoms with Crippen molar-refractivity contribution in [3.8, 4) is 16.9 Å². The van der Waals surface area contributed by atoms with Crippen molar-refractivity contribution in [2.75, 3.05) is 12.3 Å². The molecule has 6 nitrogen and oxygen atoms in total. The molecule has 124 valence electrons. The van der Waals surface area contributed by atoms with Gasteiger partial charge in [0, 0.05) is 36.6 Å². The van der Waals surface area contributed by atoms with Gasteiger partial charge in [0.15, 0.2) is 5.82 Å². The number of nitrogen functional groups attached to an aromatic ring is 1. The molecule has 0 bridgehead atoms. The summed E-state index contributed by atoms with van der Waals surface area (Å²) in [6.07, 6.45) is 3.61. The van der Waals surface area contributed by atoms with Crippen molar-refractivity contribution in [1.29, 1.82) is 0 Å². The van der Waals surface area contributed by atoms with Crippen LogP contribution in [0.5, 0.6) is 5.75 Å². The lowest BCUT2D eigenvalue weighted by molar-refractivity contribution is 0.340. The Labute approximate surface area is 140 Å². The Bertz CT molecular complexity index is 897. The van der Waals surface area contributed by atoms with Crippen LogP contribution in [0.3, 0.4) is 0 Å². The number of hydrogen-bond acceptors (Lipinski definition) is 4. The van der Waals surface area contributed by atoms with Crippen molar-refractivity contribution in [2.45, 2.75) is 13.5 Å². The lowest BCUT2D eigenvalue weighted by Gasteiger charge is -2.10. The highest BCUT2D eigenvalue weighted by atomic mass is 16.5. The van der Waals surface area contributed by atoms with E-state index in [0.29, 0.717) is 24.7 Å². The van der Waals surface area contributed by atoms with Crippen molar-refractivity contribution in [2.24, 2.45) is 7.05 Å². The van der Waals surface area contributed by atoms with E-state index < -0.39 is 0 Å². The van der Waals surface area contributed by atoms with Gasteiger partial charge in [-0.2, -0.15) is 5.10 Å². The molecule has 6 heteroatoms. The number of pyridine rings is 1. The van der Waals surface area contributed by atoms with Gasteiger partial charge in [-0.15, -0.1) is 0 Å². The number of aromatic nitrogens is 3. The van der Waals surface area contributed by atoms with Crippen LogP contribution in [0.1, 0.15) is 12.5 Å². The van der Waals surface area contributed by atoms with Gasteiger partial charge >= 0.3 is 0 Å². The van der Waals surface area contributed by atoms with E-state index >= 15 is 0 Å². The number of benzene rings is 1. The molecule has 0 aliphatic carbocycles. The first-order valence-electron chi connectivity index (χ1n) is 7.79. The van der Waals surface area contributed by atoms with Gasteiger partial charge in [-0.25, -0.2) is 0 Å². The predicted octanol–water partition coefficient (Wildman–Crippen LogP) is 2.28. The molecule has 3 aromatic rings. The number of rotatable bonds is 5. The second-order valence-electron chi connectivity index (χ2n) is 5.54. The number of anilines is 1. The number of nitrogens with zero attached hydrogens (tertiary/aromatic N) is 3. The monoisotopic (exact) mass is 324 g/mol. The molecule has 2 heterocycles. The summed E-state index contributed by atoms with van der Waals surface area (Å²) in [5.74, 6) is 0.928. The zero-order chi connectivity index (χ0) is 17.1. The summed E-state index contributed by atoms with van der Waals surface area (Å²) in [5, 5.41) is 4.39. The van der Waals surface area contributed by atoms with Crippen LogP contribution in [0.15, 0.2) is 53.6 Å². The van der Waals surface area contributed by atoms with E-state index in [9.17, 15) is 4.79 Å². The van der Waals surface area contributed by atoms with Gasteiger partial charge < -0.3 is 15.0 Å². The van der Waals surface area contributed by atoms with Gasteiger partial charge in [-0.1, -0.05) is 30.3 Å². The van der Waals surface area contributed by atoms with Crippen molar-refractivity contribution in [1.82, 2.24) is 14.3 Å². The summed E-state index contributed by atoms with van der Waals surface area (Å²) >= 11 is 0. The fourth-order valence-corrected chi connectivity index (χ4v) is 2.59. The van der Waals surface area contributed by atoms with E-state index in [1.807, 2.05) is 43.5 Å². The van der Waals surface area contributed by atoms with Crippen molar-refractivity contribution >= 4 is 5.82 Å². The van der Waals surface area contributed by atoms with E-state index in [1.54, 1.807) is 17.9 Å². The molecule has 0 saturated heterocycles. The maximum atomic E-state index is 11.9. The smallest absolute Gasteiger partial charge is 0.254 e. The molecular formula is C18H20N4O2. The second-order valence-corrected chi connectivity index (χ2v) is 5.54. The average Bonchev–Trinajstić information content (AvgIpc) is 2.92. The third kappa shape index (κ3) is 3.17. The van der Waals surface area contributed by atoms with Crippen LogP contribution in [-0.2, 0) is 13.6 Å². The minimum absolute atomic E-state index is 0.127. The molecule has 0 atom stereocenters. The third-order valence-corrected chi connectivity index (χ3v) is 3.76. The van der Waals surface area contributed by atoms with Crippen LogP contribution in [0.2, 0.25) is 0 Å². The number of aryl methyl sites for hydroxylation is 1. The lowest BCUT2D eigenvalue weighted by atomic mass is 10.1. The summed E-state index contributed by atoms with van der Waals surface area (Å²) < 4.78 is 8.90. The molecule has 0 saturated carbocycles. The Hall–Kier alpha value is -3.02. The molecule has 0 amide bonds. The fourth-order valence-electron chi connectivity index (χ4n) is 2.59. The maximum absolute atomic E-state index is 11.9. The third-order valence-electron chi connectivity index (χ3n) is 3.76. The van der Waals surface area contributed by atoms with E-state index in [0.717, 1.165) is 16.7 Å². The summed E-state index contributed by atoms with van der Waals surface area (Å²) in [6.45, 7) is 2.97. The Kier molecular flexibility index (Phi) is 4.37. The van der Waals surface area contributed by atoms with Crippen molar-refractivity contribution in [3.05, 3.63) is 64.7 Å². The van der Waals surface area contributed by atoms with Crippen LogP contribution in [0.4, 0.5) is 5.82 Å². The maximum Gasteiger partial charge on any atom is 0.254 e. The van der Waals surface area contributed by atoms with Crippen LogP contribution >= 0.6 is 0 Å². The van der Waals surface area contributed by atoms with Gasteiger partial charge in [0.1, 0.15) is 5.75 Å². The molecule has 0 radical (unpaired) electrons. The van der Waals surface area contributed by atoms with E-state index in [1.165, 1.54) is 10.6 Å². The molecule has 0 fully saturated rings. The highest BCUT2D eigenvalue weighted by molar-refractivity contribution is 5.77. The molecular weight excluding hydrogens is 304 g/mol. The minimum atomic E-state index is -0.127. The quantitative estimate of drug-likeness (QED) is 0.781. The van der Waals surface area contributed by atoms with Gasteiger partial charge in [0.05, 0.1) is 13.2 Å². The molecule has 0 aliphatic heterocycles. The first kappa shape index (κ1) is 15.9. The first-order chi connectivity index (χ1) is 11.6. The van der Waals surface area contributed by atoms with Gasteiger partial charge in [-0.05, 0) is 12.5 Å². The summed E-state index contributed by atoms with van der Waals surface area (Å²) in [5.41, 5.74) is 8.63. The highest BCUT2D eigenvalue weighted by Crippen LogP contribution is 2.32. The van der Waals surface area contributed by atoms with E-state index in [2.05, 4.69) is 5.10 Å². The Morgan fingerprint density at radius 1 is 1.17 bits per heavy atom. The van der Waals surface area contributed by atoms with Crippen molar-refractivity contribution < 1.29 is 4.74 Å². The molecule has 0 spiro atoms. The molecule has 1 aromatic carbocycles. The molecule has 2 N–H and O–H groups in total. The van der Waals surface area contributed by atoms with E-state index in [4.69, 9.17) is 10.5 Å². The summed E-state index contributed by atoms with van der Waals surface area (Å²) in [6, 6.07) is 11.5. The molecule has 2 aromatic heterocycles. The van der Waals surface area contributed by atoms with Crippen LogP contribution in [-0.4, -0.2) is 21.0 Å². The SMILES string of the molecule is CCOc1cc(=O)n(C)cc1-c1cn(Cc2ccccc2)nc1N.